The molecule has 1 atom stereocenters. The van der Waals surface area contributed by atoms with Crippen molar-refractivity contribution in [2.75, 3.05) is 0 Å². The Morgan fingerprint density at radius 1 is 1.31 bits per heavy atom. The highest BCUT2D eigenvalue weighted by atomic mass is 16.1. The molecule has 0 heterocycles. The van der Waals surface area contributed by atoms with Gasteiger partial charge in [0.15, 0.2) is 0 Å². The van der Waals surface area contributed by atoms with Crippen molar-refractivity contribution in [3.05, 3.63) is 24.3 Å². The highest BCUT2D eigenvalue weighted by Crippen LogP contribution is 2.31. The predicted molar refractivity (Wildman–Crippen MR) is 57.7 cm³/mol. The number of carbonyl (C=O) groups excluding carboxylic acids is 1. The minimum absolute atomic E-state index is 0.234. The maximum Gasteiger partial charge on any atom is 0.136 e. The second kappa shape index (κ2) is 4.40. The maximum absolute atomic E-state index is 11.4. The molecule has 0 aliphatic carbocycles. The van der Waals surface area contributed by atoms with E-state index < -0.39 is 0 Å². The SMILES string of the molecule is C=C(C)C(=C)CC(C)(CC)C(C)=O. The number of ketones is 1. The van der Waals surface area contributed by atoms with Gasteiger partial charge in [0.25, 0.3) is 0 Å². The molecule has 0 amide bonds. The summed E-state index contributed by atoms with van der Waals surface area (Å²) < 4.78 is 0. The molecule has 0 aliphatic rings. The third-order valence-corrected chi connectivity index (χ3v) is 2.84. The van der Waals surface area contributed by atoms with Crippen LogP contribution in [0.5, 0.6) is 0 Å². The fourth-order valence-corrected chi connectivity index (χ4v) is 1.12. The van der Waals surface area contributed by atoms with Crippen LogP contribution in [0.1, 0.15) is 40.5 Å². The Hall–Kier alpha value is -0.850. The predicted octanol–water partition coefficient (Wildman–Crippen LogP) is 3.51. The van der Waals surface area contributed by atoms with E-state index in [0.29, 0.717) is 0 Å². The molecule has 0 fully saturated rings. The molecule has 0 radical (unpaired) electrons. The van der Waals surface area contributed by atoms with Crippen LogP contribution in [-0.4, -0.2) is 5.78 Å². The van der Waals surface area contributed by atoms with E-state index in [4.69, 9.17) is 0 Å². The monoisotopic (exact) mass is 180 g/mol. The third kappa shape index (κ3) is 3.17. The minimum atomic E-state index is -0.254. The average molecular weight is 180 g/mol. The van der Waals surface area contributed by atoms with Crippen LogP contribution < -0.4 is 0 Å². The van der Waals surface area contributed by atoms with E-state index in [1.807, 2.05) is 20.8 Å². The van der Waals surface area contributed by atoms with E-state index in [1.54, 1.807) is 6.92 Å². The van der Waals surface area contributed by atoms with Crippen LogP contribution in [0.4, 0.5) is 0 Å². The van der Waals surface area contributed by atoms with Gasteiger partial charge in [-0.15, -0.1) is 0 Å². The van der Waals surface area contributed by atoms with Crippen LogP contribution in [0, 0.1) is 5.41 Å². The molecule has 0 spiro atoms. The van der Waals surface area contributed by atoms with Crippen LogP contribution >= 0.6 is 0 Å². The number of hydrogen-bond donors (Lipinski definition) is 0. The van der Waals surface area contributed by atoms with Crippen molar-refractivity contribution < 1.29 is 4.79 Å². The molecule has 74 valence electrons. The lowest BCUT2D eigenvalue weighted by Crippen LogP contribution is -2.25. The van der Waals surface area contributed by atoms with Crippen molar-refractivity contribution in [1.82, 2.24) is 0 Å². The van der Waals surface area contributed by atoms with Crippen molar-refractivity contribution in [2.45, 2.75) is 40.5 Å². The van der Waals surface area contributed by atoms with Gasteiger partial charge in [-0.1, -0.05) is 38.2 Å². The summed E-state index contributed by atoms with van der Waals surface area (Å²) >= 11 is 0. The van der Waals surface area contributed by atoms with Gasteiger partial charge in [0, 0.05) is 5.41 Å². The number of rotatable bonds is 5. The Balaban J connectivity index is 4.55. The maximum atomic E-state index is 11.4. The van der Waals surface area contributed by atoms with Crippen molar-refractivity contribution >= 4 is 5.78 Å². The molecular weight excluding hydrogens is 160 g/mol. The topological polar surface area (TPSA) is 17.1 Å². The van der Waals surface area contributed by atoms with E-state index >= 15 is 0 Å². The molecule has 0 bridgehead atoms. The molecule has 0 aromatic rings. The Labute approximate surface area is 81.5 Å². The summed E-state index contributed by atoms with van der Waals surface area (Å²) in [5.41, 5.74) is 1.70. The number of Topliss-reactive ketones (excluding diaryl/α,β-unsaturated/α-hetero) is 1. The zero-order chi connectivity index (χ0) is 10.6. The van der Waals surface area contributed by atoms with Gasteiger partial charge in [0.1, 0.15) is 5.78 Å². The first-order valence-electron chi connectivity index (χ1n) is 4.68. The molecule has 0 saturated carbocycles. The van der Waals surface area contributed by atoms with Crippen LogP contribution in [-0.2, 0) is 4.79 Å². The summed E-state index contributed by atoms with van der Waals surface area (Å²) in [7, 11) is 0. The standard InChI is InChI=1S/C12H20O/c1-7-12(6,11(5)13)8-10(4)9(2)3/h2,4,7-8H2,1,3,5-6H3. The zero-order valence-electron chi connectivity index (χ0n) is 9.24. The number of allylic oxidation sites excluding steroid dienone is 2. The molecule has 13 heavy (non-hydrogen) atoms. The first-order chi connectivity index (χ1) is 5.83. The summed E-state index contributed by atoms with van der Waals surface area (Å²) in [6.07, 6.45) is 1.59. The van der Waals surface area contributed by atoms with Gasteiger partial charge in [0.05, 0.1) is 0 Å². The minimum Gasteiger partial charge on any atom is -0.299 e. The second-order valence-electron chi connectivity index (χ2n) is 4.03. The average Bonchev–Trinajstić information content (AvgIpc) is 2.03. The lowest BCUT2D eigenvalue weighted by atomic mass is 9.77. The Bertz CT molecular complexity index is 238. The summed E-state index contributed by atoms with van der Waals surface area (Å²) in [5, 5.41) is 0. The van der Waals surface area contributed by atoms with Crippen LogP contribution in [0.2, 0.25) is 0 Å². The van der Waals surface area contributed by atoms with Crippen LogP contribution in [0.25, 0.3) is 0 Å². The van der Waals surface area contributed by atoms with E-state index in [1.165, 1.54) is 0 Å². The highest BCUT2D eigenvalue weighted by molar-refractivity contribution is 5.82. The molecule has 0 saturated heterocycles. The van der Waals surface area contributed by atoms with E-state index in [-0.39, 0.29) is 11.2 Å². The number of carbonyl (C=O) groups is 1. The van der Waals surface area contributed by atoms with E-state index in [0.717, 1.165) is 24.0 Å². The highest BCUT2D eigenvalue weighted by Gasteiger charge is 2.28. The molecule has 1 unspecified atom stereocenters. The third-order valence-electron chi connectivity index (χ3n) is 2.84. The molecule has 0 aliphatic heterocycles. The Morgan fingerprint density at radius 3 is 2.00 bits per heavy atom. The van der Waals surface area contributed by atoms with Gasteiger partial charge in [-0.2, -0.15) is 0 Å². The summed E-state index contributed by atoms with van der Waals surface area (Å²) in [5.74, 6) is 0.234. The first-order valence-corrected chi connectivity index (χ1v) is 4.68. The number of hydrogen-bond acceptors (Lipinski definition) is 1. The molecule has 0 aromatic carbocycles. The van der Waals surface area contributed by atoms with Gasteiger partial charge >= 0.3 is 0 Å². The van der Waals surface area contributed by atoms with Gasteiger partial charge in [-0.25, -0.2) is 0 Å². The Kier molecular flexibility index (Phi) is 4.12. The van der Waals surface area contributed by atoms with E-state index in [2.05, 4.69) is 13.2 Å². The van der Waals surface area contributed by atoms with Gasteiger partial charge in [-0.3, -0.25) is 4.79 Å². The van der Waals surface area contributed by atoms with Crippen LogP contribution in [0.15, 0.2) is 24.3 Å². The van der Waals surface area contributed by atoms with Crippen molar-refractivity contribution in [3.8, 4) is 0 Å². The smallest absolute Gasteiger partial charge is 0.136 e. The second-order valence-corrected chi connectivity index (χ2v) is 4.03. The van der Waals surface area contributed by atoms with Crippen LogP contribution in [0.3, 0.4) is 0 Å². The van der Waals surface area contributed by atoms with Crippen molar-refractivity contribution in [3.63, 3.8) is 0 Å². The van der Waals surface area contributed by atoms with Crippen molar-refractivity contribution in [2.24, 2.45) is 5.41 Å². The van der Waals surface area contributed by atoms with Gasteiger partial charge < -0.3 is 0 Å². The lowest BCUT2D eigenvalue weighted by molar-refractivity contribution is -0.125. The molecule has 0 N–H and O–H groups in total. The largest absolute Gasteiger partial charge is 0.299 e. The van der Waals surface area contributed by atoms with Crippen molar-refractivity contribution in [1.29, 1.82) is 0 Å². The molecule has 1 heteroatoms. The molecular formula is C12H20O. The molecule has 1 nitrogen and oxygen atoms in total. The normalized spacial score (nSPS) is 14.8. The Morgan fingerprint density at radius 2 is 1.77 bits per heavy atom. The first kappa shape index (κ1) is 12.2. The lowest BCUT2D eigenvalue weighted by Gasteiger charge is -2.26. The summed E-state index contributed by atoms with van der Waals surface area (Å²) in [4.78, 5) is 11.4. The fourth-order valence-electron chi connectivity index (χ4n) is 1.12. The van der Waals surface area contributed by atoms with Gasteiger partial charge in [-0.05, 0) is 26.7 Å². The molecule has 0 aromatic heterocycles. The zero-order valence-corrected chi connectivity index (χ0v) is 9.24. The fraction of sp³-hybridized carbons (Fsp3) is 0.583. The summed E-state index contributed by atoms with van der Waals surface area (Å²) in [6.45, 7) is 15.3. The molecule has 0 rings (SSSR count). The van der Waals surface area contributed by atoms with E-state index in [9.17, 15) is 4.79 Å². The van der Waals surface area contributed by atoms with Gasteiger partial charge in [0.2, 0.25) is 0 Å². The summed E-state index contributed by atoms with van der Waals surface area (Å²) in [6, 6.07) is 0. The quantitative estimate of drug-likeness (QED) is 0.592.